The molecule has 0 aliphatic rings. The number of hydrogen-bond acceptors (Lipinski definition) is 1. The first-order valence-corrected chi connectivity index (χ1v) is 6.98. The molecule has 0 aromatic heterocycles. The quantitative estimate of drug-likeness (QED) is 0.855. The highest BCUT2D eigenvalue weighted by Gasteiger charge is 2.22. The molecule has 112 valence electrons. The normalized spacial score (nSPS) is 12.4. The molecule has 0 saturated carbocycles. The van der Waals surface area contributed by atoms with Gasteiger partial charge in [0, 0.05) is 11.1 Å². The maximum atomic E-state index is 14.2. The molecule has 0 heterocycles. The number of aryl methyl sites for hydroxylation is 1. The molecule has 0 aliphatic carbocycles. The third-order valence-corrected chi connectivity index (χ3v) is 3.43. The van der Waals surface area contributed by atoms with Crippen LogP contribution in [0.2, 0.25) is 0 Å². The van der Waals surface area contributed by atoms with Gasteiger partial charge in [0.15, 0.2) is 11.6 Å². The predicted octanol–water partition coefficient (Wildman–Crippen LogP) is 4.50. The Balaban J connectivity index is 2.51. The zero-order chi connectivity index (χ0) is 15.4. The number of nitrogens with one attached hydrogen (secondary N) is 1. The van der Waals surface area contributed by atoms with E-state index in [4.69, 9.17) is 0 Å². The molecule has 0 saturated heterocycles. The van der Waals surface area contributed by atoms with Crippen LogP contribution in [0.15, 0.2) is 36.4 Å². The highest BCUT2D eigenvalue weighted by Crippen LogP contribution is 2.28. The lowest BCUT2D eigenvalue weighted by molar-refractivity contribution is 0.470. The van der Waals surface area contributed by atoms with Crippen molar-refractivity contribution in [3.8, 4) is 0 Å². The SMILES string of the molecule is CCCNC(c1ccccc1F)c1ccc(C)c(F)c1F. The van der Waals surface area contributed by atoms with Gasteiger partial charge in [-0.05, 0) is 31.5 Å². The van der Waals surface area contributed by atoms with Crippen molar-refractivity contribution in [1.29, 1.82) is 0 Å². The summed E-state index contributed by atoms with van der Waals surface area (Å²) in [6.07, 6.45) is 0.806. The second-order valence-electron chi connectivity index (χ2n) is 5.01. The lowest BCUT2D eigenvalue weighted by Crippen LogP contribution is -2.25. The molecule has 0 aliphatic heterocycles. The Labute approximate surface area is 122 Å². The molecule has 1 N–H and O–H groups in total. The van der Waals surface area contributed by atoms with Gasteiger partial charge in [0.05, 0.1) is 6.04 Å². The first-order valence-electron chi connectivity index (χ1n) is 6.98. The van der Waals surface area contributed by atoms with Gasteiger partial charge in [-0.1, -0.05) is 37.3 Å². The second-order valence-corrected chi connectivity index (χ2v) is 5.01. The van der Waals surface area contributed by atoms with Crippen molar-refractivity contribution in [2.45, 2.75) is 26.3 Å². The van der Waals surface area contributed by atoms with E-state index in [0.29, 0.717) is 12.1 Å². The number of rotatable bonds is 5. The van der Waals surface area contributed by atoms with E-state index in [1.165, 1.54) is 25.1 Å². The van der Waals surface area contributed by atoms with Gasteiger partial charge in [0.2, 0.25) is 0 Å². The van der Waals surface area contributed by atoms with Crippen LogP contribution in [0.5, 0.6) is 0 Å². The predicted molar refractivity (Wildman–Crippen MR) is 77.6 cm³/mol. The highest BCUT2D eigenvalue weighted by atomic mass is 19.2. The number of halogens is 3. The molecule has 1 unspecified atom stereocenters. The molecule has 0 spiro atoms. The monoisotopic (exact) mass is 293 g/mol. The van der Waals surface area contributed by atoms with Crippen molar-refractivity contribution in [3.05, 3.63) is 70.5 Å². The van der Waals surface area contributed by atoms with Crippen LogP contribution >= 0.6 is 0 Å². The smallest absolute Gasteiger partial charge is 0.164 e. The summed E-state index contributed by atoms with van der Waals surface area (Å²) in [7, 11) is 0. The molecule has 0 bridgehead atoms. The molecule has 0 amide bonds. The van der Waals surface area contributed by atoms with Crippen molar-refractivity contribution in [3.63, 3.8) is 0 Å². The van der Waals surface area contributed by atoms with Crippen molar-refractivity contribution >= 4 is 0 Å². The minimum Gasteiger partial charge on any atom is -0.306 e. The molecular formula is C17H18F3N. The number of benzene rings is 2. The average Bonchev–Trinajstić information content (AvgIpc) is 2.48. The molecule has 0 radical (unpaired) electrons. The molecular weight excluding hydrogens is 275 g/mol. The largest absolute Gasteiger partial charge is 0.306 e. The maximum absolute atomic E-state index is 14.2. The third-order valence-electron chi connectivity index (χ3n) is 3.43. The first-order chi connectivity index (χ1) is 10.1. The van der Waals surface area contributed by atoms with Gasteiger partial charge < -0.3 is 5.32 Å². The van der Waals surface area contributed by atoms with E-state index in [-0.39, 0.29) is 11.1 Å². The van der Waals surface area contributed by atoms with E-state index in [0.717, 1.165) is 6.42 Å². The number of hydrogen-bond donors (Lipinski definition) is 1. The van der Waals surface area contributed by atoms with Crippen LogP contribution in [0.4, 0.5) is 13.2 Å². The van der Waals surface area contributed by atoms with Crippen LogP contribution in [0.1, 0.15) is 36.1 Å². The van der Waals surface area contributed by atoms with Gasteiger partial charge in [-0.15, -0.1) is 0 Å². The van der Waals surface area contributed by atoms with E-state index in [1.54, 1.807) is 18.2 Å². The zero-order valence-corrected chi connectivity index (χ0v) is 12.1. The van der Waals surface area contributed by atoms with E-state index in [2.05, 4.69) is 5.32 Å². The Bertz CT molecular complexity index is 625. The fraction of sp³-hybridized carbons (Fsp3) is 0.294. The Kier molecular flexibility index (Phi) is 5.02. The van der Waals surface area contributed by atoms with Crippen LogP contribution in [-0.4, -0.2) is 6.54 Å². The fourth-order valence-electron chi connectivity index (χ4n) is 2.27. The van der Waals surface area contributed by atoms with Gasteiger partial charge in [0.25, 0.3) is 0 Å². The van der Waals surface area contributed by atoms with Crippen LogP contribution in [-0.2, 0) is 0 Å². The van der Waals surface area contributed by atoms with Gasteiger partial charge in [-0.25, -0.2) is 13.2 Å². The molecule has 1 nitrogen and oxygen atoms in total. The molecule has 21 heavy (non-hydrogen) atoms. The van der Waals surface area contributed by atoms with Crippen molar-refractivity contribution in [1.82, 2.24) is 5.32 Å². The van der Waals surface area contributed by atoms with Crippen LogP contribution < -0.4 is 5.32 Å². The van der Waals surface area contributed by atoms with Crippen molar-refractivity contribution < 1.29 is 13.2 Å². The highest BCUT2D eigenvalue weighted by molar-refractivity contribution is 5.36. The minimum absolute atomic E-state index is 0.122. The van der Waals surface area contributed by atoms with Gasteiger partial charge >= 0.3 is 0 Å². The van der Waals surface area contributed by atoms with E-state index >= 15 is 0 Å². The van der Waals surface area contributed by atoms with Crippen LogP contribution in [0.25, 0.3) is 0 Å². The van der Waals surface area contributed by atoms with Crippen molar-refractivity contribution in [2.75, 3.05) is 6.54 Å². The lowest BCUT2D eigenvalue weighted by Gasteiger charge is -2.21. The Morgan fingerprint density at radius 1 is 0.952 bits per heavy atom. The molecule has 2 aromatic carbocycles. The molecule has 1 atom stereocenters. The topological polar surface area (TPSA) is 12.0 Å². The molecule has 2 rings (SSSR count). The van der Waals surface area contributed by atoms with E-state index < -0.39 is 23.5 Å². The Morgan fingerprint density at radius 2 is 1.67 bits per heavy atom. The summed E-state index contributed by atoms with van der Waals surface area (Å²) < 4.78 is 42.0. The van der Waals surface area contributed by atoms with Crippen LogP contribution in [0, 0.1) is 24.4 Å². The molecule has 2 aromatic rings. The fourth-order valence-corrected chi connectivity index (χ4v) is 2.27. The summed E-state index contributed by atoms with van der Waals surface area (Å²) in [5, 5.41) is 3.08. The van der Waals surface area contributed by atoms with E-state index in [9.17, 15) is 13.2 Å². The summed E-state index contributed by atoms with van der Waals surface area (Å²) in [6.45, 7) is 4.03. The second kappa shape index (κ2) is 6.76. The summed E-state index contributed by atoms with van der Waals surface area (Å²) in [5.41, 5.74) is 0.670. The Morgan fingerprint density at radius 3 is 2.33 bits per heavy atom. The zero-order valence-electron chi connectivity index (χ0n) is 12.1. The van der Waals surface area contributed by atoms with Crippen LogP contribution in [0.3, 0.4) is 0 Å². The summed E-state index contributed by atoms with van der Waals surface area (Å²) in [4.78, 5) is 0. The lowest BCUT2D eigenvalue weighted by atomic mass is 9.96. The summed E-state index contributed by atoms with van der Waals surface area (Å²) in [6, 6.07) is 8.46. The first kappa shape index (κ1) is 15.6. The third kappa shape index (κ3) is 3.27. The standard InChI is InChI=1S/C17H18F3N/c1-3-10-21-17(12-6-4-5-7-14(12)18)13-9-8-11(2)15(19)16(13)20/h4-9,17,21H,3,10H2,1-2H3. The Hall–Kier alpha value is -1.81. The van der Waals surface area contributed by atoms with Gasteiger partial charge in [-0.3, -0.25) is 0 Å². The van der Waals surface area contributed by atoms with Gasteiger partial charge in [0.1, 0.15) is 5.82 Å². The molecule has 4 heteroatoms. The summed E-state index contributed by atoms with van der Waals surface area (Å²) in [5.74, 6) is -2.24. The van der Waals surface area contributed by atoms with E-state index in [1.807, 2.05) is 6.92 Å². The minimum atomic E-state index is -0.924. The molecule has 0 fully saturated rings. The maximum Gasteiger partial charge on any atom is 0.164 e. The van der Waals surface area contributed by atoms with Crippen molar-refractivity contribution in [2.24, 2.45) is 0 Å². The van der Waals surface area contributed by atoms with Gasteiger partial charge in [-0.2, -0.15) is 0 Å². The summed E-state index contributed by atoms with van der Waals surface area (Å²) >= 11 is 0. The average molecular weight is 293 g/mol.